The summed E-state index contributed by atoms with van der Waals surface area (Å²) in [7, 11) is 1.52. The molecule has 1 N–H and O–H groups in total. The van der Waals surface area contributed by atoms with Crippen LogP contribution in [0.4, 0.5) is 4.79 Å². The summed E-state index contributed by atoms with van der Waals surface area (Å²) >= 11 is 0. The molecule has 138 valence electrons. The summed E-state index contributed by atoms with van der Waals surface area (Å²) in [6, 6.07) is 6.22. The second kappa shape index (κ2) is 8.65. The van der Waals surface area contributed by atoms with Crippen molar-refractivity contribution < 1.29 is 28.7 Å². The van der Waals surface area contributed by atoms with Crippen LogP contribution in [-0.2, 0) is 14.4 Å². The minimum atomic E-state index is -1.03. The number of ether oxygens (including phenoxy) is 2. The average Bonchev–Trinajstić information content (AvgIpc) is 2.84. The minimum absolute atomic E-state index is 0.0890. The predicted octanol–water partition coefficient (Wildman–Crippen LogP) is 0.167. The van der Waals surface area contributed by atoms with Crippen LogP contribution in [0.5, 0.6) is 11.5 Å². The Kier molecular flexibility index (Phi) is 6.31. The number of hydrogen-bond donors (Lipinski definition) is 1. The molecule has 9 nitrogen and oxygen atoms in total. The Morgan fingerprint density at radius 2 is 1.81 bits per heavy atom. The zero-order valence-electron chi connectivity index (χ0n) is 14.3. The molecule has 0 aromatic heterocycles. The van der Waals surface area contributed by atoms with E-state index in [1.807, 2.05) is 0 Å². The number of para-hydroxylation sites is 2. The SMILES string of the molecule is C=CCN1C(=O)C(=O)N(CC(=O)NCCOc2ccccc2OC)C1=O. The van der Waals surface area contributed by atoms with Crippen molar-refractivity contribution in [3.8, 4) is 11.5 Å². The van der Waals surface area contributed by atoms with Gasteiger partial charge in [0.25, 0.3) is 0 Å². The molecule has 0 unspecified atom stereocenters. The first kappa shape index (κ1) is 19.0. The van der Waals surface area contributed by atoms with Crippen LogP contribution in [-0.4, -0.2) is 66.9 Å². The molecule has 2 rings (SSSR count). The van der Waals surface area contributed by atoms with E-state index >= 15 is 0 Å². The maximum absolute atomic E-state index is 12.0. The van der Waals surface area contributed by atoms with Gasteiger partial charge in [0.05, 0.1) is 13.7 Å². The van der Waals surface area contributed by atoms with Crippen molar-refractivity contribution in [3.63, 3.8) is 0 Å². The molecule has 0 saturated carbocycles. The van der Waals surface area contributed by atoms with Crippen LogP contribution in [0.25, 0.3) is 0 Å². The minimum Gasteiger partial charge on any atom is -0.493 e. The van der Waals surface area contributed by atoms with Crippen molar-refractivity contribution in [2.75, 3.05) is 33.4 Å². The normalized spacial score (nSPS) is 13.8. The Hall–Kier alpha value is -3.36. The summed E-state index contributed by atoms with van der Waals surface area (Å²) in [6.45, 7) is 3.10. The van der Waals surface area contributed by atoms with E-state index in [-0.39, 0.29) is 19.7 Å². The van der Waals surface area contributed by atoms with Crippen LogP contribution in [0.1, 0.15) is 0 Å². The molecule has 1 aliphatic heterocycles. The van der Waals surface area contributed by atoms with Crippen LogP contribution in [0.15, 0.2) is 36.9 Å². The number of carbonyl (C=O) groups is 4. The molecule has 0 spiro atoms. The standard InChI is InChI=1S/C17H19N3O6/c1-3-9-19-15(22)16(23)20(17(19)24)11-14(21)18-8-10-26-13-7-5-4-6-12(13)25-2/h3-7H,1,8-11H2,2H3,(H,18,21). The zero-order chi connectivity index (χ0) is 19.1. The van der Waals surface area contributed by atoms with Crippen LogP contribution in [0.3, 0.4) is 0 Å². The molecule has 0 radical (unpaired) electrons. The highest BCUT2D eigenvalue weighted by molar-refractivity contribution is 6.45. The van der Waals surface area contributed by atoms with E-state index in [0.29, 0.717) is 16.4 Å². The maximum Gasteiger partial charge on any atom is 0.335 e. The second-order valence-electron chi connectivity index (χ2n) is 5.23. The van der Waals surface area contributed by atoms with Crippen LogP contribution in [0.2, 0.25) is 0 Å². The van der Waals surface area contributed by atoms with E-state index < -0.39 is 30.3 Å². The van der Waals surface area contributed by atoms with Crippen LogP contribution in [0, 0.1) is 0 Å². The van der Waals surface area contributed by atoms with Gasteiger partial charge in [-0.2, -0.15) is 0 Å². The smallest absolute Gasteiger partial charge is 0.335 e. The monoisotopic (exact) mass is 361 g/mol. The molecule has 1 saturated heterocycles. The van der Waals surface area contributed by atoms with E-state index in [2.05, 4.69) is 11.9 Å². The second-order valence-corrected chi connectivity index (χ2v) is 5.23. The Labute approximate surface area is 150 Å². The van der Waals surface area contributed by atoms with Gasteiger partial charge in [-0.25, -0.2) is 9.69 Å². The highest BCUT2D eigenvalue weighted by Gasteiger charge is 2.44. The quantitative estimate of drug-likeness (QED) is 0.291. The molecular formula is C17H19N3O6. The summed E-state index contributed by atoms with van der Waals surface area (Å²) in [5, 5.41) is 2.52. The molecule has 1 aliphatic rings. The van der Waals surface area contributed by atoms with E-state index in [0.717, 1.165) is 4.90 Å². The summed E-state index contributed by atoms with van der Waals surface area (Å²) < 4.78 is 10.6. The highest BCUT2D eigenvalue weighted by Crippen LogP contribution is 2.25. The van der Waals surface area contributed by atoms with Crippen molar-refractivity contribution in [3.05, 3.63) is 36.9 Å². The lowest BCUT2D eigenvalue weighted by Gasteiger charge is -2.14. The maximum atomic E-state index is 12.0. The van der Waals surface area contributed by atoms with Crippen LogP contribution < -0.4 is 14.8 Å². The summed E-state index contributed by atoms with van der Waals surface area (Å²) in [5.41, 5.74) is 0. The number of amides is 5. The van der Waals surface area contributed by atoms with Crippen LogP contribution >= 0.6 is 0 Å². The van der Waals surface area contributed by atoms with E-state index in [4.69, 9.17) is 9.47 Å². The number of urea groups is 1. The van der Waals surface area contributed by atoms with Gasteiger partial charge in [-0.3, -0.25) is 19.3 Å². The van der Waals surface area contributed by atoms with Crippen molar-refractivity contribution in [1.82, 2.24) is 15.1 Å². The molecule has 1 fully saturated rings. The van der Waals surface area contributed by atoms with Gasteiger partial charge in [0, 0.05) is 6.54 Å². The number of carbonyl (C=O) groups excluding carboxylic acids is 4. The van der Waals surface area contributed by atoms with Gasteiger partial charge in [0.2, 0.25) is 5.91 Å². The van der Waals surface area contributed by atoms with Crippen molar-refractivity contribution in [2.24, 2.45) is 0 Å². The lowest BCUT2D eigenvalue weighted by Crippen LogP contribution is -2.42. The largest absolute Gasteiger partial charge is 0.493 e. The molecule has 26 heavy (non-hydrogen) atoms. The van der Waals surface area contributed by atoms with Gasteiger partial charge in [0.15, 0.2) is 11.5 Å². The number of hydrogen-bond acceptors (Lipinski definition) is 6. The number of imide groups is 2. The lowest BCUT2D eigenvalue weighted by molar-refractivity contribution is -0.143. The number of nitrogens with one attached hydrogen (secondary N) is 1. The van der Waals surface area contributed by atoms with Gasteiger partial charge in [-0.1, -0.05) is 18.2 Å². The molecule has 5 amide bonds. The Morgan fingerprint density at radius 1 is 1.15 bits per heavy atom. The third-order valence-electron chi connectivity index (χ3n) is 3.50. The molecule has 0 atom stereocenters. The highest BCUT2D eigenvalue weighted by atomic mass is 16.5. The fourth-order valence-electron chi connectivity index (χ4n) is 2.27. The fraction of sp³-hybridized carbons (Fsp3) is 0.294. The molecule has 0 aliphatic carbocycles. The van der Waals surface area contributed by atoms with E-state index in [9.17, 15) is 19.2 Å². The number of rotatable bonds is 9. The van der Waals surface area contributed by atoms with Gasteiger partial charge in [-0.15, -0.1) is 6.58 Å². The number of methoxy groups -OCH3 is 1. The van der Waals surface area contributed by atoms with E-state index in [1.54, 1.807) is 24.3 Å². The van der Waals surface area contributed by atoms with Crippen molar-refractivity contribution in [2.45, 2.75) is 0 Å². The Morgan fingerprint density at radius 3 is 2.46 bits per heavy atom. The van der Waals surface area contributed by atoms with Gasteiger partial charge >= 0.3 is 17.8 Å². The molecular weight excluding hydrogens is 342 g/mol. The zero-order valence-corrected chi connectivity index (χ0v) is 14.3. The predicted molar refractivity (Wildman–Crippen MR) is 90.5 cm³/mol. The molecule has 1 aromatic rings. The molecule has 1 heterocycles. The Bertz CT molecular complexity index is 733. The topological polar surface area (TPSA) is 105 Å². The molecule has 0 bridgehead atoms. The average molecular weight is 361 g/mol. The number of nitrogens with zero attached hydrogens (tertiary/aromatic N) is 2. The van der Waals surface area contributed by atoms with E-state index in [1.165, 1.54) is 13.2 Å². The third kappa shape index (κ3) is 4.18. The first-order chi connectivity index (χ1) is 12.5. The summed E-state index contributed by atoms with van der Waals surface area (Å²) in [5.74, 6) is -1.49. The fourth-order valence-corrected chi connectivity index (χ4v) is 2.27. The van der Waals surface area contributed by atoms with Crippen molar-refractivity contribution in [1.29, 1.82) is 0 Å². The summed E-state index contributed by atoms with van der Waals surface area (Å²) in [6.07, 6.45) is 1.32. The third-order valence-corrected chi connectivity index (χ3v) is 3.50. The lowest BCUT2D eigenvalue weighted by atomic mass is 10.3. The Balaban J connectivity index is 1.80. The first-order valence-electron chi connectivity index (χ1n) is 7.80. The van der Waals surface area contributed by atoms with Gasteiger partial charge < -0.3 is 14.8 Å². The number of benzene rings is 1. The molecule has 9 heteroatoms. The van der Waals surface area contributed by atoms with Gasteiger partial charge in [0.1, 0.15) is 13.2 Å². The van der Waals surface area contributed by atoms with Crippen molar-refractivity contribution >= 4 is 23.8 Å². The summed E-state index contributed by atoms with van der Waals surface area (Å²) in [4.78, 5) is 48.7. The first-order valence-corrected chi connectivity index (χ1v) is 7.80. The van der Waals surface area contributed by atoms with Gasteiger partial charge in [-0.05, 0) is 12.1 Å². The molecule has 1 aromatic carbocycles.